The third-order valence-electron chi connectivity index (χ3n) is 1.48. The van der Waals surface area contributed by atoms with E-state index in [0.717, 1.165) is 11.3 Å². The molecule has 0 aliphatic carbocycles. The highest BCUT2D eigenvalue weighted by atomic mass is 35.5. The van der Waals surface area contributed by atoms with Crippen LogP contribution in [0.25, 0.3) is 0 Å². The Balaban J connectivity index is 2.66. The monoisotopic (exact) mass is 273 g/mol. The highest BCUT2D eigenvalue weighted by Gasteiger charge is 2.40. The molecular formula is C7H4ClF4N3S. The standard InChI is InChI=1S/C7H4ClF4N3S/c8-4-3(1-13)16-6(15-4)14-2-7(11,12)5(9)10/h5H,2H2,(H,14,15). The maximum atomic E-state index is 12.5. The summed E-state index contributed by atoms with van der Waals surface area (Å²) in [5.74, 6) is -4.15. The minimum Gasteiger partial charge on any atom is -0.355 e. The summed E-state index contributed by atoms with van der Waals surface area (Å²) in [5.41, 5.74) is 0. The Morgan fingerprint density at radius 3 is 2.62 bits per heavy atom. The third-order valence-corrected chi connectivity index (χ3v) is 2.79. The van der Waals surface area contributed by atoms with Gasteiger partial charge in [-0.25, -0.2) is 13.8 Å². The zero-order valence-electron chi connectivity index (χ0n) is 7.48. The molecule has 1 aromatic heterocycles. The molecule has 0 saturated carbocycles. The molecule has 0 unspecified atom stereocenters. The van der Waals surface area contributed by atoms with Crippen LogP contribution in [0.15, 0.2) is 0 Å². The van der Waals surface area contributed by atoms with Crippen molar-refractivity contribution in [3.8, 4) is 6.07 Å². The van der Waals surface area contributed by atoms with Crippen molar-refractivity contribution in [3.63, 3.8) is 0 Å². The van der Waals surface area contributed by atoms with Crippen molar-refractivity contribution >= 4 is 28.1 Å². The zero-order valence-corrected chi connectivity index (χ0v) is 9.05. The Hall–Kier alpha value is -1.07. The molecule has 1 rings (SSSR count). The number of alkyl halides is 4. The number of halogens is 5. The number of hydrogen-bond acceptors (Lipinski definition) is 4. The van der Waals surface area contributed by atoms with Gasteiger partial charge in [0.05, 0.1) is 6.54 Å². The van der Waals surface area contributed by atoms with Crippen molar-refractivity contribution in [1.29, 1.82) is 5.26 Å². The van der Waals surface area contributed by atoms with E-state index in [1.54, 1.807) is 6.07 Å². The van der Waals surface area contributed by atoms with Crippen LogP contribution in [-0.2, 0) is 0 Å². The van der Waals surface area contributed by atoms with Crippen LogP contribution >= 0.6 is 22.9 Å². The third kappa shape index (κ3) is 2.96. The summed E-state index contributed by atoms with van der Waals surface area (Å²) >= 11 is 6.18. The Morgan fingerprint density at radius 1 is 1.56 bits per heavy atom. The number of nitrogens with zero attached hydrogens (tertiary/aromatic N) is 2. The number of anilines is 1. The van der Waals surface area contributed by atoms with E-state index in [1.807, 2.05) is 5.32 Å². The average molecular weight is 274 g/mol. The molecule has 0 aromatic carbocycles. The normalized spacial score (nSPS) is 11.6. The summed E-state index contributed by atoms with van der Waals surface area (Å²) in [4.78, 5) is 3.55. The first-order chi connectivity index (χ1) is 7.36. The first kappa shape index (κ1) is 13.0. The fourth-order valence-corrected chi connectivity index (χ4v) is 1.66. The number of thiazole rings is 1. The molecule has 0 amide bonds. The van der Waals surface area contributed by atoms with Gasteiger partial charge in [0.25, 0.3) is 0 Å². The molecule has 0 fully saturated rings. The molecule has 3 nitrogen and oxygen atoms in total. The first-order valence-electron chi connectivity index (χ1n) is 3.83. The highest BCUT2D eigenvalue weighted by molar-refractivity contribution is 7.16. The molecule has 9 heteroatoms. The van der Waals surface area contributed by atoms with Gasteiger partial charge in [-0.3, -0.25) is 0 Å². The molecule has 0 bridgehead atoms. The summed E-state index contributed by atoms with van der Waals surface area (Å²) < 4.78 is 48.5. The van der Waals surface area contributed by atoms with E-state index in [0.29, 0.717) is 0 Å². The molecular weight excluding hydrogens is 270 g/mol. The number of nitriles is 1. The summed E-state index contributed by atoms with van der Waals surface area (Å²) in [6, 6.07) is 1.68. The van der Waals surface area contributed by atoms with Gasteiger partial charge in [-0.1, -0.05) is 22.9 Å². The van der Waals surface area contributed by atoms with Crippen LogP contribution in [-0.4, -0.2) is 23.9 Å². The molecule has 0 spiro atoms. The minimum atomic E-state index is -4.15. The van der Waals surface area contributed by atoms with E-state index < -0.39 is 18.9 Å². The van der Waals surface area contributed by atoms with Gasteiger partial charge in [-0.2, -0.15) is 14.0 Å². The quantitative estimate of drug-likeness (QED) is 0.858. The molecule has 0 saturated heterocycles. The van der Waals surface area contributed by atoms with Crippen LogP contribution in [0.3, 0.4) is 0 Å². The van der Waals surface area contributed by atoms with E-state index >= 15 is 0 Å². The molecule has 1 heterocycles. The Labute approximate surface area is 96.7 Å². The SMILES string of the molecule is N#Cc1sc(NCC(F)(F)C(F)F)nc1Cl. The lowest BCUT2D eigenvalue weighted by Gasteiger charge is -2.14. The van der Waals surface area contributed by atoms with Gasteiger partial charge in [-0.05, 0) is 0 Å². The molecule has 0 atom stereocenters. The topological polar surface area (TPSA) is 48.7 Å². The Kier molecular flexibility index (Phi) is 3.93. The molecule has 1 N–H and O–H groups in total. The van der Waals surface area contributed by atoms with Gasteiger partial charge in [0.15, 0.2) is 10.3 Å². The number of nitrogens with one attached hydrogen (secondary N) is 1. The predicted octanol–water partition coefficient (Wildman–Crippen LogP) is 2.98. The number of rotatable bonds is 4. The van der Waals surface area contributed by atoms with Crippen LogP contribution in [0.1, 0.15) is 4.88 Å². The molecule has 16 heavy (non-hydrogen) atoms. The Bertz CT molecular complexity index is 414. The smallest absolute Gasteiger partial charge is 0.324 e. The van der Waals surface area contributed by atoms with E-state index in [-0.39, 0.29) is 15.2 Å². The van der Waals surface area contributed by atoms with Crippen molar-refractivity contribution in [2.75, 3.05) is 11.9 Å². The van der Waals surface area contributed by atoms with Gasteiger partial charge < -0.3 is 5.32 Å². The first-order valence-corrected chi connectivity index (χ1v) is 5.02. The fourth-order valence-electron chi connectivity index (χ4n) is 0.717. The van der Waals surface area contributed by atoms with Crippen molar-refractivity contribution in [2.24, 2.45) is 0 Å². The van der Waals surface area contributed by atoms with Crippen LogP contribution in [0.5, 0.6) is 0 Å². The van der Waals surface area contributed by atoms with Crippen LogP contribution in [0.2, 0.25) is 5.15 Å². The highest BCUT2D eigenvalue weighted by Crippen LogP contribution is 2.28. The lowest BCUT2D eigenvalue weighted by Crippen LogP contribution is -2.34. The van der Waals surface area contributed by atoms with E-state index in [1.165, 1.54) is 0 Å². The minimum absolute atomic E-state index is 0.0320. The summed E-state index contributed by atoms with van der Waals surface area (Å²) in [6.45, 7) is -1.26. The van der Waals surface area contributed by atoms with Crippen molar-refractivity contribution < 1.29 is 17.6 Å². The summed E-state index contributed by atoms with van der Waals surface area (Å²) in [7, 11) is 0. The van der Waals surface area contributed by atoms with Crippen LogP contribution in [0, 0.1) is 11.3 Å². The van der Waals surface area contributed by atoms with Gasteiger partial charge in [0, 0.05) is 0 Å². The number of aromatic nitrogens is 1. The zero-order chi connectivity index (χ0) is 12.3. The van der Waals surface area contributed by atoms with Crippen molar-refractivity contribution in [3.05, 3.63) is 10.0 Å². The molecule has 0 aliphatic heterocycles. The van der Waals surface area contributed by atoms with Gasteiger partial charge in [0.2, 0.25) is 0 Å². The second-order valence-corrected chi connectivity index (χ2v) is 4.02. The molecule has 88 valence electrons. The van der Waals surface area contributed by atoms with Gasteiger partial charge in [-0.15, -0.1) is 0 Å². The van der Waals surface area contributed by atoms with Crippen molar-refractivity contribution in [2.45, 2.75) is 12.3 Å². The summed E-state index contributed by atoms with van der Waals surface area (Å²) in [6.07, 6.45) is -3.76. The predicted molar refractivity (Wildman–Crippen MR) is 51.3 cm³/mol. The van der Waals surface area contributed by atoms with Crippen LogP contribution < -0.4 is 5.32 Å². The Morgan fingerprint density at radius 2 is 2.19 bits per heavy atom. The molecule has 0 radical (unpaired) electrons. The van der Waals surface area contributed by atoms with Crippen molar-refractivity contribution in [1.82, 2.24) is 4.98 Å². The van der Waals surface area contributed by atoms with E-state index in [4.69, 9.17) is 16.9 Å². The van der Waals surface area contributed by atoms with E-state index in [2.05, 4.69) is 4.98 Å². The maximum absolute atomic E-state index is 12.5. The lowest BCUT2D eigenvalue weighted by atomic mass is 10.3. The number of hydrogen-bond donors (Lipinski definition) is 1. The molecule has 0 aliphatic rings. The lowest BCUT2D eigenvalue weighted by molar-refractivity contribution is -0.117. The second kappa shape index (κ2) is 4.84. The van der Waals surface area contributed by atoms with Crippen LogP contribution in [0.4, 0.5) is 22.7 Å². The van der Waals surface area contributed by atoms with Gasteiger partial charge in [0.1, 0.15) is 10.9 Å². The van der Waals surface area contributed by atoms with E-state index in [9.17, 15) is 17.6 Å². The van der Waals surface area contributed by atoms with Gasteiger partial charge >= 0.3 is 12.3 Å². The largest absolute Gasteiger partial charge is 0.355 e. The fraction of sp³-hybridized carbons (Fsp3) is 0.429. The average Bonchev–Trinajstić information content (AvgIpc) is 2.56. The second-order valence-electron chi connectivity index (χ2n) is 2.67. The maximum Gasteiger partial charge on any atom is 0.324 e. The molecule has 1 aromatic rings. The summed E-state index contributed by atoms with van der Waals surface area (Å²) in [5, 5.41) is 10.3.